The molecule has 2 fully saturated rings. The van der Waals surface area contributed by atoms with Crippen molar-refractivity contribution in [1.29, 1.82) is 0 Å². The molecule has 222 valence electrons. The van der Waals surface area contributed by atoms with Gasteiger partial charge in [-0.05, 0) is 69.0 Å². The fourth-order valence-electron chi connectivity index (χ4n) is 6.07. The number of nitrogens with zero attached hydrogens (tertiary/aromatic N) is 4. The number of hydrogen-bond acceptors (Lipinski definition) is 6. The minimum atomic E-state index is -0.972. The Kier molecular flexibility index (Phi) is 8.80. The van der Waals surface area contributed by atoms with Crippen LogP contribution in [0.15, 0.2) is 66.7 Å². The van der Waals surface area contributed by atoms with Crippen LogP contribution in [0.5, 0.6) is 11.6 Å². The van der Waals surface area contributed by atoms with Crippen LogP contribution < -0.4 is 4.74 Å². The molecule has 5 rings (SSSR count). The molecule has 0 bridgehead atoms. The van der Waals surface area contributed by atoms with Gasteiger partial charge >= 0.3 is 12.0 Å². The number of carbonyl (C=O) groups is 2. The number of ether oxygens (including phenoxy) is 2. The number of pyridine rings is 1. The Morgan fingerprint density at radius 1 is 1.02 bits per heavy atom. The molecule has 3 heterocycles. The van der Waals surface area contributed by atoms with Gasteiger partial charge in [0, 0.05) is 51.1 Å². The van der Waals surface area contributed by atoms with Gasteiger partial charge in [-0.15, -0.1) is 0 Å². The third kappa shape index (κ3) is 6.42. The predicted molar refractivity (Wildman–Crippen MR) is 160 cm³/mol. The first-order valence-electron chi connectivity index (χ1n) is 14.5. The highest BCUT2D eigenvalue weighted by Crippen LogP contribution is 2.38. The predicted octanol–water partition coefficient (Wildman–Crippen LogP) is 5.75. The van der Waals surface area contributed by atoms with Gasteiger partial charge in [-0.25, -0.2) is 14.6 Å². The summed E-state index contributed by atoms with van der Waals surface area (Å²) in [5.41, 5.74) is 3.02. The van der Waals surface area contributed by atoms with Crippen molar-refractivity contribution in [2.75, 3.05) is 33.4 Å². The third-order valence-electron chi connectivity index (χ3n) is 8.39. The summed E-state index contributed by atoms with van der Waals surface area (Å²) < 4.78 is 11.3. The molecule has 2 aliphatic heterocycles. The molecule has 2 aromatic carbocycles. The molecule has 0 saturated carbocycles. The van der Waals surface area contributed by atoms with Crippen molar-refractivity contribution in [2.45, 2.75) is 57.8 Å². The topological polar surface area (TPSA) is 95.4 Å². The van der Waals surface area contributed by atoms with Gasteiger partial charge in [-0.2, -0.15) is 0 Å². The fourth-order valence-corrected chi connectivity index (χ4v) is 6.07. The van der Waals surface area contributed by atoms with Crippen LogP contribution in [-0.2, 0) is 11.3 Å². The summed E-state index contributed by atoms with van der Waals surface area (Å²) in [5, 5.41) is 9.08. The summed E-state index contributed by atoms with van der Waals surface area (Å²) in [6.07, 6.45) is 1.82. The Morgan fingerprint density at radius 2 is 1.71 bits per heavy atom. The van der Waals surface area contributed by atoms with Gasteiger partial charge in [0.1, 0.15) is 5.75 Å². The zero-order valence-corrected chi connectivity index (χ0v) is 24.8. The minimum Gasteiger partial charge on any atom is -0.478 e. The third-order valence-corrected chi connectivity index (χ3v) is 8.39. The van der Waals surface area contributed by atoms with E-state index in [1.54, 1.807) is 19.2 Å². The van der Waals surface area contributed by atoms with Crippen LogP contribution in [0.2, 0.25) is 0 Å². The number of methoxy groups -OCH3 is 1. The lowest BCUT2D eigenvalue weighted by atomic mass is 9.98. The van der Waals surface area contributed by atoms with E-state index in [2.05, 4.69) is 40.8 Å². The number of piperidine rings is 1. The summed E-state index contributed by atoms with van der Waals surface area (Å²) >= 11 is 0. The Bertz CT molecular complexity index is 1390. The van der Waals surface area contributed by atoms with Crippen molar-refractivity contribution in [2.24, 2.45) is 0 Å². The highest BCUT2D eigenvalue weighted by molar-refractivity contribution is 5.87. The molecule has 9 heteroatoms. The van der Waals surface area contributed by atoms with Crippen LogP contribution in [-0.4, -0.2) is 81.7 Å². The maximum Gasteiger partial charge on any atom is 0.335 e. The zero-order chi connectivity index (χ0) is 29.9. The lowest BCUT2D eigenvalue weighted by Crippen LogP contribution is -2.52. The van der Waals surface area contributed by atoms with E-state index in [1.165, 1.54) is 17.7 Å². The largest absolute Gasteiger partial charge is 0.478 e. The number of aromatic nitrogens is 1. The van der Waals surface area contributed by atoms with E-state index >= 15 is 0 Å². The lowest BCUT2D eigenvalue weighted by Gasteiger charge is -2.40. The second kappa shape index (κ2) is 12.5. The average molecular weight is 573 g/mol. The van der Waals surface area contributed by atoms with E-state index in [0.717, 1.165) is 43.7 Å². The Hall–Kier alpha value is -3.95. The molecule has 1 aromatic heterocycles. The number of carboxylic acid groups (broad SMARTS) is 1. The van der Waals surface area contributed by atoms with E-state index in [9.17, 15) is 9.59 Å². The molecule has 0 radical (unpaired) electrons. The van der Waals surface area contributed by atoms with Gasteiger partial charge < -0.3 is 24.4 Å². The van der Waals surface area contributed by atoms with E-state index in [0.29, 0.717) is 24.8 Å². The molecule has 2 amide bonds. The number of aromatic carboxylic acids is 1. The summed E-state index contributed by atoms with van der Waals surface area (Å²) in [4.78, 5) is 36.1. The number of amides is 2. The molecule has 1 atom stereocenters. The quantitative estimate of drug-likeness (QED) is 0.331. The first kappa shape index (κ1) is 29.5. The van der Waals surface area contributed by atoms with Crippen LogP contribution in [0, 0.1) is 6.92 Å². The Labute approximate surface area is 247 Å². The van der Waals surface area contributed by atoms with E-state index in [1.807, 2.05) is 42.2 Å². The Balaban J connectivity index is 1.22. The van der Waals surface area contributed by atoms with Gasteiger partial charge in [0.2, 0.25) is 5.88 Å². The van der Waals surface area contributed by atoms with E-state index in [4.69, 9.17) is 14.6 Å². The van der Waals surface area contributed by atoms with Crippen molar-refractivity contribution < 1.29 is 24.2 Å². The number of benzene rings is 2. The monoisotopic (exact) mass is 572 g/mol. The molecule has 3 aromatic rings. The van der Waals surface area contributed by atoms with Crippen LogP contribution >= 0.6 is 0 Å². The highest BCUT2D eigenvalue weighted by Gasteiger charge is 2.47. The normalized spacial score (nSPS) is 18.5. The number of urea groups is 1. The maximum atomic E-state index is 13.9. The highest BCUT2D eigenvalue weighted by atomic mass is 16.5. The number of hydrogen-bond donors (Lipinski definition) is 1. The molecule has 9 nitrogen and oxygen atoms in total. The van der Waals surface area contributed by atoms with Crippen LogP contribution in [0.1, 0.15) is 59.9 Å². The van der Waals surface area contributed by atoms with Crippen LogP contribution in [0.25, 0.3) is 0 Å². The summed E-state index contributed by atoms with van der Waals surface area (Å²) in [6.45, 7) is 9.84. The van der Waals surface area contributed by atoms with Gasteiger partial charge in [0.15, 0.2) is 0 Å². The van der Waals surface area contributed by atoms with Crippen LogP contribution in [0.3, 0.4) is 0 Å². The number of carboxylic acids is 1. The SMILES string of the molecule is COCC(C)(C)N1CC(c2ccccc2)N(C2CCN(Cc3ccc(Oc4ccc(C(=O)O)cc4)nc3C)CC2)C1=O. The maximum absolute atomic E-state index is 13.9. The summed E-state index contributed by atoms with van der Waals surface area (Å²) in [5.74, 6) is 0.0367. The lowest BCUT2D eigenvalue weighted by molar-refractivity contribution is 0.0609. The van der Waals surface area contributed by atoms with Gasteiger partial charge in [0.05, 0.1) is 23.8 Å². The van der Waals surface area contributed by atoms with Crippen molar-refractivity contribution in [3.8, 4) is 11.6 Å². The first-order chi connectivity index (χ1) is 20.2. The number of aryl methyl sites for hydroxylation is 1. The first-order valence-corrected chi connectivity index (χ1v) is 14.5. The summed E-state index contributed by atoms with van der Waals surface area (Å²) in [6, 6.07) is 20.8. The average Bonchev–Trinajstić information content (AvgIpc) is 3.33. The van der Waals surface area contributed by atoms with Crippen LogP contribution in [0.4, 0.5) is 4.79 Å². The number of carbonyl (C=O) groups excluding carboxylic acids is 1. The minimum absolute atomic E-state index is 0.0192. The molecular weight excluding hydrogens is 532 g/mol. The Morgan fingerprint density at radius 3 is 2.33 bits per heavy atom. The molecule has 0 aliphatic carbocycles. The van der Waals surface area contributed by atoms with Crippen molar-refractivity contribution in [3.05, 3.63) is 89.1 Å². The second-order valence-corrected chi connectivity index (χ2v) is 11.8. The van der Waals surface area contributed by atoms with Crippen molar-refractivity contribution in [1.82, 2.24) is 19.7 Å². The zero-order valence-electron chi connectivity index (χ0n) is 24.8. The molecule has 0 spiro atoms. The van der Waals surface area contributed by atoms with Crippen molar-refractivity contribution >= 4 is 12.0 Å². The molecule has 2 aliphatic rings. The second-order valence-electron chi connectivity index (χ2n) is 11.8. The van der Waals surface area contributed by atoms with E-state index in [-0.39, 0.29) is 23.7 Å². The van der Waals surface area contributed by atoms with E-state index < -0.39 is 11.5 Å². The molecular formula is C33H40N4O5. The van der Waals surface area contributed by atoms with Gasteiger partial charge in [0.25, 0.3) is 0 Å². The molecule has 2 saturated heterocycles. The molecule has 1 unspecified atom stereocenters. The number of rotatable bonds is 10. The molecule has 42 heavy (non-hydrogen) atoms. The van der Waals surface area contributed by atoms with Gasteiger partial charge in [-0.3, -0.25) is 4.90 Å². The fraction of sp³-hybridized carbons (Fsp3) is 0.424. The van der Waals surface area contributed by atoms with Crippen molar-refractivity contribution in [3.63, 3.8) is 0 Å². The molecule has 1 N–H and O–H groups in total. The standard InChI is InChI=1S/C33H40N4O5/c1-23-26(12-15-30(34-23)42-28-13-10-25(11-14-28)31(38)39)20-35-18-16-27(17-19-35)37-29(24-8-6-5-7-9-24)21-36(32(37)40)33(2,3)22-41-4/h5-15,27,29H,16-22H2,1-4H3,(H,38,39). The number of likely N-dealkylation sites (tertiary alicyclic amines) is 1. The smallest absolute Gasteiger partial charge is 0.335 e. The van der Waals surface area contributed by atoms with Gasteiger partial charge in [-0.1, -0.05) is 36.4 Å². The summed E-state index contributed by atoms with van der Waals surface area (Å²) in [7, 11) is 1.68.